The maximum absolute atomic E-state index is 13.4. The number of halogens is 3. The number of fused-ring (bicyclic) bond motifs is 3. The van der Waals surface area contributed by atoms with Gasteiger partial charge in [-0.2, -0.15) is 13.2 Å². The summed E-state index contributed by atoms with van der Waals surface area (Å²) in [5, 5.41) is 44.4. The highest BCUT2D eigenvalue weighted by atomic mass is 19.4. The molecule has 1 fully saturated rings. The van der Waals surface area contributed by atoms with E-state index in [4.69, 9.17) is 9.47 Å². The van der Waals surface area contributed by atoms with Crippen molar-refractivity contribution < 1.29 is 62.2 Å². The predicted octanol–water partition coefficient (Wildman–Crippen LogP) is 1.81. The number of benzene rings is 2. The number of phenolic OH excluding ortho intramolecular Hbond substituents is 2. The van der Waals surface area contributed by atoms with Gasteiger partial charge in [0.2, 0.25) is 5.78 Å². The number of amides is 1. The van der Waals surface area contributed by atoms with Gasteiger partial charge in [0.1, 0.15) is 23.2 Å². The van der Waals surface area contributed by atoms with Crippen LogP contribution in [0.5, 0.6) is 11.5 Å². The third-order valence-electron chi connectivity index (χ3n) is 7.56. The van der Waals surface area contributed by atoms with Gasteiger partial charge in [-0.05, 0) is 26.0 Å². The Balaban J connectivity index is 1.55. The first kappa shape index (κ1) is 28.7. The molecule has 0 bridgehead atoms. The van der Waals surface area contributed by atoms with E-state index in [0.717, 1.165) is 13.0 Å². The molecule has 0 saturated carbocycles. The number of alkyl halides is 3. The molecular formula is C27H24F3NO10. The minimum Gasteiger partial charge on any atom is -0.507 e. The van der Waals surface area contributed by atoms with Gasteiger partial charge in [0, 0.05) is 35.1 Å². The van der Waals surface area contributed by atoms with E-state index in [1.807, 2.05) is 0 Å². The Bertz CT molecular complexity index is 1500. The van der Waals surface area contributed by atoms with Crippen LogP contribution >= 0.6 is 0 Å². The number of hydrogen-bond donors (Lipinski definition) is 5. The number of ether oxygens (including phenoxy) is 2. The zero-order valence-corrected chi connectivity index (χ0v) is 21.5. The SMILES string of the molecule is C[C@@H]1O[C@@H](O[C@@H]2C[C@](C)(O)C(=O)c3cc4c(c(O)c32)C(=O)c2c(O)cccc2C4=O)C[C@H](NC(=O)C(F)(F)F)[C@@H]1O. The van der Waals surface area contributed by atoms with Crippen LogP contribution in [0.25, 0.3) is 0 Å². The summed E-state index contributed by atoms with van der Waals surface area (Å²) in [6, 6.07) is 3.40. The second kappa shape index (κ2) is 9.62. The second-order valence-corrected chi connectivity index (χ2v) is 10.5. The summed E-state index contributed by atoms with van der Waals surface area (Å²) in [5.41, 5.74) is -4.06. The first-order valence-electron chi connectivity index (χ1n) is 12.5. The molecule has 11 nitrogen and oxygen atoms in total. The topological polar surface area (TPSA) is 180 Å². The van der Waals surface area contributed by atoms with E-state index in [1.165, 1.54) is 25.1 Å². The Morgan fingerprint density at radius 1 is 1.10 bits per heavy atom. The van der Waals surface area contributed by atoms with Crippen LogP contribution in [0.2, 0.25) is 0 Å². The largest absolute Gasteiger partial charge is 0.507 e. The lowest BCUT2D eigenvalue weighted by Gasteiger charge is -2.42. The highest BCUT2D eigenvalue weighted by Crippen LogP contribution is 2.48. The number of phenols is 2. The number of aliphatic hydroxyl groups is 2. The van der Waals surface area contributed by atoms with Gasteiger partial charge < -0.3 is 35.2 Å². The van der Waals surface area contributed by atoms with E-state index in [0.29, 0.717) is 0 Å². The Morgan fingerprint density at radius 3 is 2.44 bits per heavy atom. The molecule has 14 heteroatoms. The standard InChI is InChI=1S/C27H24F3NO10/c1-9-20(33)13(31-25(38)27(28,29)30)7-16(40-9)41-15-8-26(2,39)24(37)12-6-11-19(23(36)18(12)15)22(35)17-10(21(11)34)4-3-5-14(17)32/h3-6,9,13,15-16,20,32-33,36,39H,7-8H2,1-2H3,(H,31,38)/t9-,13-,15+,16-,20+,26-/m0/s1. The van der Waals surface area contributed by atoms with Gasteiger partial charge in [0.25, 0.3) is 0 Å². The van der Waals surface area contributed by atoms with Gasteiger partial charge in [-0.25, -0.2) is 0 Å². The fourth-order valence-corrected chi connectivity index (χ4v) is 5.52. The smallest absolute Gasteiger partial charge is 0.471 e. The Hall–Kier alpha value is -3.85. The van der Waals surface area contributed by atoms with E-state index in [1.54, 1.807) is 5.32 Å². The molecule has 218 valence electrons. The van der Waals surface area contributed by atoms with Crippen molar-refractivity contribution in [3.63, 3.8) is 0 Å². The minimum absolute atomic E-state index is 0.153. The summed E-state index contributed by atoms with van der Waals surface area (Å²) in [7, 11) is 0. The number of Topliss-reactive ketones (excluding diaryl/α,β-unsaturated/α-hetero) is 1. The molecule has 6 atom stereocenters. The van der Waals surface area contributed by atoms with Gasteiger partial charge in [0.05, 0.1) is 29.4 Å². The van der Waals surface area contributed by atoms with E-state index >= 15 is 0 Å². The van der Waals surface area contributed by atoms with E-state index < -0.39 is 95.6 Å². The van der Waals surface area contributed by atoms with Gasteiger partial charge in [0.15, 0.2) is 17.9 Å². The summed E-state index contributed by atoms with van der Waals surface area (Å²) in [5.74, 6) is -6.18. The fourth-order valence-electron chi connectivity index (χ4n) is 5.52. The molecule has 3 aliphatic rings. The summed E-state index contributed by atoms with van der Waals surface area (Å²) in [6.45, 7) is 2.48. The van der Waals surface area contributed by atoms with Crippen molar-refractivity contribution in [1.82, 2.24) is 5.32 Å². The fraction of sp³-hybridized carbons (Fsp3) is 0.407. The molecule has 0 aromatic heterocycles. The second-order valence-electron chi connectivity index (χ2n) is 10.5. The molecule has 0 unspecified atom stereocenters. The lowest BCUT2D eigenvalue weighted by Crippen LogP contribution is -2.57. The number of nitrogens with one attached hydrogen (secondary N) is 1. The molecule has 5 rings (SSSR count). The quantitative estimate of drug-likeness (QED) is 0.307. The molecule has 1 amide bonds. The predicted molar refractivity (Wildman–Crippen MR) is 129 cm³/mol. The van der Waals surface area contributed by atoms with E-state index in [-0.39, 0.29) is 27.8 Å². The normalized spacial score (nSPS) is 29.4. The number of carbonyl (C=O) groups excluding carboxylic acids is 4. The van der Waals surface area contributed by atoms with Crippen molar-refractivity contribution in [2.75, 3.05) is 0 Å². The van der Waals surface area contributed by atoms with Crippen LogP contribution in [-0.2, 0) is 14.3 Å². The third-order valence-corrected chi connectivity index (χ3v) is 7.56. The number of aliphatic hydroxyl groups excluding tert-OH is 1. The first-order chi connectivity index (χ1) is 19.0. The Labute approximate surface area is 229 Å². The molecule has 1 aliphatic heterocycles. The van der Waals surface area contributed by atoms with Crippen LogP contribution < -0.4 is 5.32 Å². The van der Waals surface area contributed by atoms with E-state index in [2.05, 4.69) is 0 Å². The van der Waals surface area contributed by atoms with Crippen LogP contribution in [-0.4, -0.2) is 80.0 Å². The lowest BCUT2D eigenvalue weighted by molar-refractivity contribution is -0.248. The monoisotopic (exact) mass is 579 g/mol. The number of aromatic hydroxyl groups is 2. The van der Waals surface area contributed by atoms with Crippen LogP contribution in [0.3, 0.4) is 0 Å². The average Bonchev–Trinajstić information content (AvgIpc) is 2.87. The summed E-state index contributed by atoms with van der Waals surface area (Å²) < 4.78 is 50.0. The number of ketones is 3. The molecule has 2 aliphatic carbocycles. The molecule has 41 heavy (non-hydrogen) atoms. The molecule has 2 aromatic carbocycles. The van der Waals surface area contributed by atoms with Crippen LogP contribution in [0.4, 0.5) is 13.2 Å². The maximum atomic E-state index is 13.4. The van der Waals surface area contributed by atoms with Crippen LogP contribution in [0.15, 0.2) is 24.3 Å². The number of hydrogen-bond acceptors (Lipinski definition) is 10. The average molecular weight is 579 g/mol. The highest BCUT2D eigenvalue weighted by molar-refractivity contribution is 6.31. The third kappa shape index (κ3) is 4.66. The minimum atomic E-state index is -5.22. The lowest BCUT2D eigenvalue weighted by atomic mass is 9.73. The van der Waals surface area contributed by atoms with Crippen molar-refractivity contribution >= 4 is 23.3 Å². The number of carbonyl (C=O) groups is 4. The van der Waals surface area contributed by atoms with Gasteiger partial charge in [-0.15, -0.1) is 0 Å². The van der Waals surface area contributed by atoms with Crippen molar-refractivity contribution in [2.45, 2.75) is 69.1 Å². The van der Waals surface area contributed by atoms with Crippen LogP contribution in [0.1, 0.15) is 80.6 Å². The van der Waals surface area contributed by atoms with Crippen molar-refractivity contribution in [1.29, 1.82) is 0 Å². The molecule has 1 saturated heterocycles. The van der Waals surface area contributed by atoms with Crippen molar-refractivity contribution in [3.05, 3.63) is 57.6 Å². The van der Waals surface area contributed by atoms with Crippen LogP contribution in [0, 0.1) is 0 Å². The Kier molecular flexibility index (Phi) is 6.72. The molecule has 5 N–H and O–H groups in total. The Morgan fingerprint density at radius 2 is 1.78 bits per heavy atom. The van der Waals surface area contributed by atoms with Crippen molar-refractivity contribution in [2.24, 2.45) is 0 Å². The summed E-state index contributed by atoms with van der Waals surface area (Å²) in [4.78, 5) is 51.3. The molecule has 0 spiro atoms. The summed E-state index contributed by atoms with van der Waals surface area (Å²) >= 11 is 0. The van der Waals surface area contributed by atoms with Gasteiger partial charge >= 0.3 is 12.1 Å². The van der Waals surface area contributed by atoms with Gasteiger partial charge in [-0.1, -0.05) is 12.1 Å². The molecule has 1 heterocycles. The zero-order valence-electron chi connectivity index (χ0n) is 21.5. The zero-order chi connectivity index (χ0) is 30.2. The van der Waals surface area contributed by atoms with E-state index in [9.17, 15) is 52.8 Å². The summed E-state index contributed by atoms with van der Waals surface area (Å²) in [6.07, 6.45) is -11.7. The van der Waals surface area contributed by atoms with Gasteiger partial charge in [-0.3, -0.25) is 19.2 Å². The first-order valence-corrected chi connectivity index (χ1v) is 12.5. The molecular weight excluding hydrogens is 555 g/mol. The van der Waals surface area contributed by atoms with Crippen molar-refractivity contribution in [3.8, 4) is 11.5 Å². The highest BCUT2D eigenvalue weighted by Gasteiger charge is 2.49. The molecule has 0 radical (unpaired) electrons. The number of rotatable bonds is 3. The maximum Gasteiger partial charge on any atom is 0.471 e. The molecule has 2 aromatic rings.